The number of hydrogen-bond acceptors (Lipinski definition) is 2. The van der Waals surface area contributed by atoms with Crippen LogP contribution in [-0.4, -0.2) is 19.8 Å². The van der Waals surface area contributed by atoms with E-state index in [-0.39, 0.29) is 0 Å². The predicted octanol–water partition coefficient (Wildman–Crippen LogP) is 9.41. The Morgan fingerprint density at radius 3 is 1.24 bits per heavy atom. The highest BCUT2D eigenvalue weighted by Crippen LogP contribution is 2.11. The second kappa shape index (κ2) is 27.9. The Morgan fingerprint density at radius 1 is 0.414 bits per heavy atom. The molecule has 2 nitrogen and oxygen atoms in total. The first kappa shape index (κ1) is 28.9. The van der Waals surface area contributed by atoms with E-state index in [2.05, 4.69) is 13.8 Å². The van der Waals surface area contributed by atoms with Crippen LogP contribution in [0, 0.1) is 6.61 Å². The van der Waals surface area contributed by atoms with Crippen molar-refractivity contribution >= 4 is 0 Å². The van der Waals surface area contributed by atoms with Crippen molar-refractivity contribution in [2.75, 3.05) is 19.8 Å². The summed E-state index contributed by atoms with van der Waals surface area (Å²) >= 11 is 0. The molecule has 0 bridgehead atoms. The van der Waals surface area contributed by atoms with Gasteiger partial charge in [0.15, 0.2) is 0 Å². The lowest BCUT2D eigenvalue weighted by molar-refractivity contribution is 0.108. The molecule has 29 heavy (non-hydrogen) atoms. The number of rotatable bonds is 26. The van der Waals surface area contributed by atoms with Crippen molar-refractivity contribution in [1.29, 1.82) is 0 Å². The third kappa shape index (κ3) is 27.9. The van der Waals surface area contributed by atoms with Crippen molar-refractivity contribution in [2.24, 2.45) is 0 Å². The standard InChI is InChI=1S/C27H55O2/c1-3-5-7-9-11-13-15-17-19-21-24-28-26-23-27-29-25-22-20-18-16-14-12-10-8-6-4-2/h26H,3-25,27H2,1-2H3. The summed E-state index contributed by atoms with van der Waals surface area (Å²) in [5.41, 5.74) is 0. The molecule has 0 fully saturated rings. The second-order valence-electron chi connectivity index (χ2n) is 8.80. The van der Waals surface area contributed by atoms with Gasteiger partial charge in [-0.1, -0.05) is 129 Å². The van der Waals surface area contributed by atoms with Crippen molar-refractivity contribution in [2.45, 2.75) is 149 Å². The van der Waals surface area contributed by atoms with E-state index in [4.69, 9.17) is 9.47 Å². The van der Waals surface area contributed by atoms with Gasteiger partial charge >= 0.3 is 0 Å². The molecular formula is C27H55O2. The van der Waals surface area contributed by atoms with Crippen LogP contribution in [0.5, 0.6) is 0 Å². The van der Waals surface area contributed by atoms with E-state index < -0.39 is 0 Å². The van der Waals surface area contributed by atoms with Crippen molar-refractivity contribution in [3.63, 3.8) is 0 Å². The first-order valence-corrected chi connectivity index (χ1v) is 13.4. The molecule has 0 saturated carbocycles. The largest absolute Gasteiger partial charge is 0.381 e. The lowest BCUT2D eigenvalue weighted by Gasteiger charge is -2.06. The highest BCUT2D eigenvalue weighted by molar-refractivity contribution is 4.52. The van der Waals surface area contributed by atoms with E-state index in [1.54, 1.807) is 0 Å². The second-order valence-corrected chi connectivity index (χ2v) is 8.80. The molecule has 0 unspecified atom stereocenters. The monoisotopic (exact) mass is 411 g/mol. The van der Waals surface area contributed by atoms with Gasteiger partial charge in [0.1, 0.15) is 0 Å². The highest BCUT2D eigenvalue weighted by Gasteiger charge is 1.96. The van der Waals surface area contributed by atoms with Crippen molar-refractivity contribution in [1.82, 2.24) is 0 Å². The van der Waals surface area contributed by atoms with Gasteiger partial charge in [-0.2, -0.15) is 0 Å². The Balaban J connectivity index is 2.97. The van der Waals surface area contributed by atoms with Crippen LogP contribution in [0.1, 0.15) is 149 Å². The molecule has 0 atom stereocenters. The van der Waals surface area contributed by atoms with Crippen LogP contribution in [-0.2, 0) is 9.47 Å². The molecule has 0 aromatic carbocycles. The summed E-state index contributed by atoms with van der Waals surface area (Å²) in [5.74, 6) is 0. The summed E-state index contributed by atoms with van der Waals surface area (Å²) in [7, 11) is 0. The third-order valence-electron chi connectivity index (χ3n) is 5.76. The summed E-state index contributed by atoms with van der Waals surface area (Å²) in [6.07, 6.45) is 28.6. The molecule has 0 saturated heterocycles. The van der Waals surface area contributed by atoms with Crippen LogP contribution in [0.3, 0.4) is 0 Å². The summed E-state index contributed by atoms with van der Waals surface area (Å²) in [5, 5.41) is 0. The highest BCUT2D eigenvalue weighted by atomic mass is 16.5. The normalized spacial score (nSPS) is 11.4. The predicted molar refractivity (Wildman–Crippen MR) is 129 cm³/mol. The molecule has 0 aliphatic heterocycles. The van der Waals surface area contributed by atoms with Crippen LogP contribution in [0.4, 0.5) is 0 Å². The lowest BCUT2D eigenvalue weighted by atomic mass is 10.1. The van der Waals surface area contributed by atoms with Crippen LogP contribution >= 0.6 is 0 Å². The lowest BCUT2D eigenvalue weighted by Crippen LogP contribution is -2.00. The first-order chi connectivity index (χ1) is 14.4. The van der Waals surface area contributed by atoms with Gasteiger partial charge in [0, 0.05) is 19.8 Å². The third-order valence-corrected chi connectivity index (χ3v) is 5.76. The van der Waals surface area contributed by atoms with Gasteiger partial charge in [-0.3, -0.25) is 0 Å². The molecular weight excluding hydrogens is 356 g/mol. The maximum Gasteiger partial charge on any atom is 0.0859 e. The van der Waals surface area contributed by atoms with Gasteiger partial charge in [0.2, 0.25) is 0 Å². The molecule has 0 aliphatic carbocycles. The zero-order valence-electron chi connectivity index (χ0n) is 20.4. The maximum absolute atomic E-state index is 5.70. The molecule has 0 amide bonds. The average Bonchev–Trinajstić information content (AvgIpc) is 2.74. The minimum atomic E-state index is 0.815. The number of hydrogen-bond donors (Lipinski definition) is 0. The van der Waals surface area contributed by atoms with E-state index in [9.17, 15) is 0 Å². The van der Waals surface area contributed by atoms with E-state index in [1.807, 2.05) is 6.61 Å². The quantitative estimate of drug-likeness (QED) is 0.132. The van der Waals surface area contributed by atoms with Gasteiger partial charge in [-0.05, 0) is 19.3 Å². The zero-order valence-corrected chi connectivity index (χ0v) is 20.4. The minimum Gasteiger partial charge on any atom is -0.381 e. The fourth-order valence-electron chi connectivity index (χ4n) is 3.76. The van der Waals surface area contributed by atoms with Crippen molar-refractivity contribution in [3.8, 4) is 0 Å². The molecule has 0 aromatic rings. The van der Waals surface area contributed by atoms with E-state index in [0.29, 0.717) is 0 Å². The van der Waals surface area contributed by atoms with Gasteiger partial charge in [0.25, 0.3) is 0 Å². The molecule has 0 N–H and O–H groups in total. The fourth-order valence-corrected chi connectivity index (χ4v) is 3.76. The summed E-state index contributed by atoms with van der Waals surface area (Å²) in [6, 6.07) is 0. The fraction of sp³-hybridized carbons (Fsp3) is 0.963. The summed E-state index contributed by atoms with van der Waals surface area (Å²) < 4.78 is 11.3. The van der Waals surface area contributed by atoms with Crippen LogP contribution in [0.15, 0.2) is 0 Å². The van der Waals surface area contributed by atoms with Crippen molar-refractivity contribution in [3.05, 3.63) is 6.61 Å². The zero-order chi connectivity index (χ0) is 21.1. The molecule has 0 spiro atoms. The Labute approximate surface area is 184 Å². The van der Waals surface area contributed by atoms with Crippen LogP contribution in [0.25, 0.3) is 0 Å². The Kier molecular flexibility index (Phi) is 27.8. The van der Waals surface area contributed by atoms with Crippen LogP contribution < -0.4 is 0 Å². The molecule has 0 aliphatic rings. The molecule has 1 radical (unpaired) electrons. The van der Waals surface area contributed by atoms with Gasteiger partial charge in [0.05, 0.1) is 6.61 Å². The SMILES string of the molecule is CCCCCCCCCCCCO[CH]CCOCCCCCCCCCCCC. The van der Waals surface area contributed by atoms with Gasteiger partial charge < -0.3 is 9.47 Å². The van der Waals surface area contributed by atoms with Gasteiger partial charge in [-0.15, -0.1) is 0 Å². The average molecular weight is 412 g/mol. The Hall–Kier alpha value is -0.0800. The van der Waals surface area contributed by atoms with E-state index in [0.717, 1.165) is 26.2 Å². The smallest absolute Gasteiger partial charge is 0.0859 e. The summed E-state index contributed by atoms with van der Waals surface area (Å²) in [6.45, 7) is 9.14. The topological polar surface area (TPSA) is 18.5 Å². The molecule has 0 heterocycles. The van der Waals surface area contributed by atoms with Crippen molar-refractivity contribution < 1.29 is 9.47 Å². The molecule has 175 valence electrons. The molecule has 0 rings (SSSR count). The summed E-state index contributed by atoms with van der Waals surface area (Å²) in [4.78, 5) is 0. The first-order valence-electron chi connectivity index (χ1n) is 13.4. The minimum absolute atomic E-state index is 0.815. The van der Waals surface area contributed by atoms with E-state index >= 15 is 0 Å². The Bertz CT molecular complexity index is 241. The van der Waals surface area contributed by atoms with E-state index in [1.165, 1.54) is 128 Å². The molecule has 2 heteroatoms. The molecule has 0 aromatic heterocycles. The number of ether oxygens (including phenoxy) is 2. The van der Waals surface area contributed by atoms with Gasteiger partial charge in [-0.25, -0.2) is 0 Å². The maximum atomic E-state index is 5.70. The van der Waals surface area contributed by atoms with Crippen LogP contribution in [0.2, 0.25) is 0 Å². The number of unbranched alkanes of at least 4 members (excludes halogenated alkanes) is 18. The Morgan fingerprint density at radius 2 is 0.793 bits per heavy atom.